The van der Waals surface area contributed by atoms with Gasteiger partial charge in [-0.05, 0) is 107 Å². The molecule has 0 aromatic carbocycles. The minimum absolute atomic E-state index is 0.388. The molecule has 0 radical (unpaired) electrons. The predicted octanol–water partition coefficient (Wildman–Crippen LogP) is 7.87. The average molecular weight is 398 g/mol. The fourth-order valence-corrected chi connectivity index (χ4v) is 6.73. The highest BCUT2D eigenvalue weighted by Gasteiger charge is 2.62. The van der Waals surface area contributed by atoms with E-state index in [0.717, 1.165) is 36.3 Å². The maximum Gasteiger partial charge on any atom is 0.135 e. The molecule has 0 aromatic heterocycles. The number of nitrogens with zero attached hydrogens (tertiary/aromatic N) is 1. The fourth-order valence-electron chi connectivity index (χ4n) is 6.73. The van der Waals surface area contributed by atoms with Gasteiger partial charge in [-0.25, -0.2) is 0 Å². The molecule has 3 aliphatic carbocycles. The van der Waals surface area contributed by atoms with Gasteiger partial charge in [-0.1, -0.05) is 55.1 Å². The van der Waals surface area contributed by atoms with Crippen molar-refractivity contribution >= 4 is 5.71 Å². The van der Waals surface area contributed by atoms with Crippen LogP contribution in [0.4, 0.5) is 0 Å². The van der Waals surface area contributed by atoms with Gasteiger partial charge in [0.25, 0.3) is 0 Å². The lowest BCUT2D eigenvalue weighted by Gasteiger charge is -2.36. The van der Waals surface area contributed by atoms with Gasteiger partial charge in [0, 0.05) is 0 Å². The van der Waals surface area contributed by atoms with Crippen molar-refractivity contribution in [2.24, 2.45) is 33.7 Å². The third-order valence-corrected chi connectivity index (χ3v) is 8.12. The third-order valence-electron chi connectivity index (χ3n) is 8.12. The van der Waals surface area contributed by atoms with Gasteiger partial charge in [-0.3, -0.25) is 0 Å². The Morgan fingerprint density at radius 1 is 1.07 bits per heavy atom. The molecule has 0 saturated heterocycles. The van der Waals surface area contributed by atoms with Gasteiger partial charge in [-0.2, -0.15) is 0 Å². The van der Waals surface area contributed by atoms with E-state index in [-0.39, 0.29) is 0 Å². The van der Waals surface area contributed by atoms with E-state index in [1.807, 2.05) is 0 Å². The van der Waals surface area contributed by atoms with Crippen molar-refractivity contribution in [2.75, 3.05) is 6.61 Å². The number of rotatable bonds is 7. The number of allylic oxidation sites excluding steroid dienone is 5. The highest BCUT2D eigenvalue weighted by molar-refractivity contribution is 5.93. The zero-order valence-electron chi connectivity index (χ0n) is 20.0. The second kappa shape index (κ2) is 8.82. The summed E-state index contributed by atoms with van der Waals surface area (Å²) < 4.78 is 0. The molecule has 0 N–H and O–H groups in total. The van der Waals surface area contributed by atoms with Gasteiger partial charge < -0.3 is 4.84 Å². The highest BCUT2D eigenvalue weighted by Crippen LogP contribution is 2.70. The molecule has 4 bridgehead atoms. The maximum absolute atomic E-state index is 5.65. The molecular formula is C27H43NO. The summed E-state index contributed by atoms with van der Waals surface area (Å²) in [6.45, 7) is 16.8. The summed E-state index contributed by atoms with van der Waals surface area (Å²) in [5, 5.41) is 4.44. The second-order valence-electron chi connectivity index (χ2n) is 11.1. The van der Waals surface area contributed by atoms with Gasteiger partial charge >= 0.3 is 0 Å². The van der Waals surface area contributed by atoms with E-state index < -0.39 is 0 Å². The Morgan fingerprint density at radius 2 is 1.83 bits per heavy atom. The van der Waals surface area contributed by atoms with Crippen molar-refractivity contribution in [3.8, 4) is 0 Å². The van der Waals surface area contributed by atoms with Gasteiger partial charge in [0.15, 0.2) is 0 Å². The van der Waals surface area contributed by atoms with Gasteiger partial charge in [0.2, 0.25) is 0 Å². The zero-order chi connectivity index (χ0) is 21.2. The van der Waals surface area contributed by atoms with E-state index in [9.17, 15) is 0 Å². The van der Waals surface area contributed by atoms with Crippen LogP contribution in [0.15, 0.2) is 40.1 Å². The smallest absolute Gasteiger partial charge is 0.135 e. The zero-order valence-corrected chi connectivity index (χ0v) is 20.0. The fraction of sp³-hybridized carbons (Fsp3) is 0.741. The summed E-state index contributed by atoms with van der Waals surface area (Å²) in [4.78, 5) is 5.65. The lowest BCUT2D eigenvalue weighted by molar-refractivity contribution is 0.141. The summed E-state index contributed by atoms with van der Waals surface area (Å²) in [6.07, 6.45) is 16.0. The molecule has 2 heteroatoms. The van der Waals surface area contributed by atoms with Crippen LogP contribution in [0.25, 0.3) is 0 Å². The highest BCUT2D eigenvalue weighted by atomic mass is 16.6. The molecule has 0 unspecified atom stereocenters. The standard InChI is InChI=1S/C27H43NO/c1-19(2)10-8-11-20(3)14-17-29-28-21(4)18-24-22-12-13-23-25(22)26(5,6)15-9-16-27(23,24)7/h10,14,18,22-23,25H,8-9,11-13,15-17H2,1-7H3/b20-14+,24-18?,28-21+/t22-,23-,25+,27+/m1/s1. The van der Waals surface area contributed by atoms with Gasteiger partial charge in [-0.15, -0.1) is 0 Å². The Labute approximate surface area is 179 Å². The SMILES string of the molecule is CC(C)=CCC/C(C)=C/CO/N=C(\C)C=C1[C@H]2CC[C@@H]3[C@H]2C(C)(C)CCC[C@]13C. The van der Waals surface area contributed by atoms with Crippen molar-refractivity contribution in [1.82, 2.24) is 0 Å². The quantitative estimate of drug-likeness (QED) is 0.185. The number of hydrogen-bond donors (Lipinski definition) is 0. The monoisotopic (exact) mass is 397 g/mol. The van der Waals surface area contributed by atoms with E-state index in [4.69, 9.17) is 4.84 Å². The molecule has 0 amide bonds. The van der Waals surface area contributed by atoms with Crippen molar-refractivity contribution in [3.63, 3.8) is 0 Å². The lowest BCUT2D eigenvalue weighted by Crippen LogP contribution is -2.28. The molecule has 3 fully saturated rings. The molecule has 2 nitrogen and oxygen atoms in total. The normalized spacial score (nSPS) is 35.0. The topological polar surface area (TPSA) is 21.6 Å². The molecule has 3 rings (SSSR count). The maximum atomic E-state index is 5.65. The third kappa shape index (κ3) is 4.72. The van der Waals surface area contributed by atoms with E-state index in [1.165, 1.54) is 43.3 Å². The van der Waals surface area contributed by atoms with Crippen LogP contribution in [0, 0.1) is 28.6 Å². The molecular weight excluding hydrogens is 354 g/mol. The first-order valence-electron chi connectivity index (χ1n) is 11.8. The molecule has 162 valence electrons. The molecule has 3 saturated carbocycles. The second-order valence-corrected chi connectivity index (χ2v) is 11.1. The predicted molar refractivity (Wildman–Crippen MR) is 125 cm³/mol. The minimum atomic E-state index is 0.388. The van der Waals surface area contributed by atoms with Crippen LogP contribution in [0.1, 0.15) is 93.4 Å². The van der Waals surface area contributed by atoms with Crippen molar-refractivity contribution in [1.29, 1.82) is 0 Å². The number of hydrogen-bond acceptors (Lipinski definition) is 2. The Morgan fingerprint density at radius 3 is 2.55 bits per heavy atom. The molecule has 0 aliphatic heterocycles. The first kappa shape index (κ1) is 22.4. The first-order valence-corrected chi connectivity index (χ1v) is 11.8. The van der Waals surface area contributed by atoms with Crippen LogP contribution < -0.4 is 0 Å². The lowest BCUT2D eigenvalue weighted by atomic mass is 9.68. The van der Waals surface area contributed by atoms with Gasteiger partial charge in [0.05, 0.1) is 5.71 Å². The summed E-state index contributed by atoms with van der Waals surface area (Å²) in [5.41, 5.74) is 6.35. The van der Waals surface area contributed by atoms with Crippen LogP contribution in [0.5, 0.6) is 0 Å². The summed E-state index contributed by atoms with van der Waals surface area (Å²) in [5.74, 6) is 2.50. The minimum Gasteiger partial charge on any atom is -0.391 e. The Bertz CT molecular complexity index is 719. The van der Waals surface area contributed by atoms with Crippen LogP contribution in [-0.2, 0) is 4.84 Å². The first-order chi connectivity index (χ1) is 13.6. The molecule has 0 heterocycles. The Hall–Kier alpha value is -1.31. The number of oxime groups is 1. The summed E-state index contributed by atoms with van der Waals surface area (Å²) in [6, 6.07) is 0. The largest absolute Gasteiger partial charge is 0.391 e. The molecule has 29 heavy (non-hydrogen) atoms. The van der Waals surface area contributed by atoms with Crippen molar-refractivity contribution in [2.45, 2.75) is 93.4 Å². The van der Waals surface area contributed by atoms with E-state index in [0.29, 0.717) is 17.4 Å². The van der Waals surface area contributed by atoms with E-state index in [2.05, 4.69) is 71.8 Å². The van der Waals surface area contributed by atoms with Crippen LogP contribution in [-0.4, -0.2) is 12.3 Å². The molecule has 3 aliphatic rings. The van der Waals surface area contributed by atoms with Crippen LogP contribution in [0.3, 0.4) is 0 Å². The summed E-state index contributed by atoms with van der Waals surface area (Å²) in [7, 11) is 0. The Balaban J connectivity index is 1.63. The van der Waals surface area contributed by atoms with E-state index >= 15 is 0 Å². The van der Waals surface area contributed by atoms with E-state index in [1.54, 1.807) is 5.57 Å². The summed E-state index contributed by atoms with van der Waals surface area (Å²) >= 11 is 0. The molecule has 0 spiro atoms. The molecule has 0 aromatic rings. The van der Waals surface area contributed by atoms with Crippen LogP contribution in [0.2, 0.25) is 0 Å². The molecule has 4 atom stereocenters. The van der Waals surface area contributed by atoms with Gasteiger partial charge in [0.1, 0.15) is 6.61 Å². The van der Waals surface area contributed by atoms with Crippen molar-refractivity contribution in [3.05, 3.63) is 34.9 Å². The Kier molecular flexibility index (Phi) is 6.81. The average Bonchev–Trinajstić information content (AvgIpc) is 3.13. The van der Waals surface area contributed by atoms with Crippen LogP contribution >= 0.6 is 0 Å². The van der Waals surface area contributed by atoms with Crippen molar-refractivity contribution < 1.29 is 4.84 Å².